The molecule has 0 aliphatic carbocycles. The van der Waals surface area contributed by atoms with Gasteiger partial charge in [0.15, 0.2) is 0 Å². The van der Waals surface area contributed by atoms with Crippen LogP contribution in [-0.4, -0.2) is 41.2 Å². The number of nitrogens with zero attached hydrogens (tertiary/aromatic N) is 1. The second-order valence-electron chi connectivity index (χ2n) is 8.53. The van der Waals surface area contributed by atoms with Gasteiger partial charge in [0.05, 0.1) is 9.75 Å². The first-order valence-corrected chi connectivity index (χ1v) is 11.3. The third-order valence-corrected chi connectivity index (χ3v) is 8.39. The molecule has 1 N–H and O–H groups in total. The summed E-state index contributed by atoms with van der Waals surface area (Å²) < 4.78 is 5.98. The molecule has 2 aromatic heterocycles. The van der Waals surface area contributed by atoms with Gasteiger partial charge in [0.1, 0.15) is 6.10 Å². The molecule has 0 unspecified atom stereocenters. The molecule has 2 aliphatic rings. The molecule has 4 nitrogen and oxygen atoms in total. The fraction of sp³-hybridized carbons (Fsp3) is 0.571. The quantitative estimate of drug-likeness (QED) is 0.773. The van der Waals surface area contributed by atoms with Gasteiger partial charge in [-0.1, -0.05) is 26.0 Å². The van der Waals surface area contributed by atoms with E-state index >= 15 is 0 Å². The van der Waals surface area contributed by atoms with Crippen LogP contribution in [0.15, 0.2) is 35.0 Å². The maximum atomic E-state index is 13.2. The highest BCUT2D eigenvalue weighted by Crippen LogP contribution is 2.45. The maximum absolute atomic E-state index is 13.2. The zero-order chi connectivity index (χ0) is 19.2. The van der Waals surface area contributed by atoms with E-state index in [0.29, 0.717) is 21.8 Å². The third-order valence-electron chi connectivity index (χ3n) is 6.44. The van der Waals surface area contributed by atoms with E-state index in [2.05, 4.69) is 25.8 Å². The molecule has 2 aromatic rings. The van der Waals surface area contributed by atoms with E-state index in [1.54, 1.807) is 12.1 Å². The first kappa shape index (κ1) is 19.1. The Labute approximate surface area is 168 Å². The van der Waals surface area contributed by atoms with E-state index in [0.717, 1.165) is 19.3 Å². The molecule has 0 aromatic carbocycles. The predicted octanol–water partition coefficient (Wildman–Crippen LogP) is 4.24. The fourth-order valence-corrected chi connectivity index (χ4v) is 6.47. The van der Waals surface area contributed by atoms with Crippen LogP contribution in [0.3, 0.4) is 0 Å². The number of esters is 1. The van der Waals surface area contributed by atoms with E-state index < -0.39 is 11.6 Å². The Hall–Kier alpha value is -1.21. The Balaban J connectivity index is 1.58. The highest BCUT2D eigenvalue weighted by Gasteiger charge is 2.49. The van der Waals surface area contributed by atoms with Crippen LogP contribution in [0.2, 0.25) is 0 Å². The van der Waals surface area contributed by atoms with Crippen molar-refractivity contribution in [2.24, 2.45) is 5.41 Å². The van der Waals surface area contributed by atoms with Crippen molar-refractivity contribution >= 4 is 28.6 Å². The monoisotopic (exact) mass is 405 g/mol. The van der Waals surface area contributed by atoms with Gasteiger partial charge in [0.25, 0.3) is 0 Å². The van der Waals surface area contributed by atoms with E-state index in [-0.39, 0.29) is 11.5 Å². The first-order chi connectivity index (χ1) is 12.8. The van der Waals surface area contributed by atoms with E-state index in [1.807, 2.05) is 22.9 Å². The van der Waals surface area contributed by atoms with Crippen LogP contribution in [-0.2, 0) is 15.1 Å². The number of hydrogen-bond donors (Lipinski definition) is 1. The van der Waals surface area contributed by atoms with Gasteiger partial charge in [0, 0.05) is 18.5 Å². The van der Waals surface area contributed by atoms with Gasteiger partial charge in [-0.15, -0.1) is 22.7 Å². The van der Waals surface area contributed by atoms with Gasteiger partial charge in [-0.25, -0.2) is 4.79 Å². The van der Waals surface area contributed by atoms with Crippen molar-refractivity contribution in [3.8, 4) is 0 Å². The Bertz CT molecular complexity index is 750. The number of hydrogen-bond acceptors (Lipinski definition) is 6. The average Bonchev–Trinajstić information content (AvgIpc) is 3.33. The maximum Gasteiger partial charge on any atom is 0.349 e. The Morgan fingerprint density at radius 3 is 2.41 bits per heavy atom. The number of fused-ring (bicyclic) bond motifs is 2. The molecule has 27 heavy (non-hydrogen) atoms. The van der Waals surface area contributed by atoms with E-state index in [9.17, 15) is 9.90 Å². The summed E-state index contributed by atoms with van der Waals surface area (Å²) in [7, 11) is 2.20. The molecule has 2 fully saturated rings. The van der Waals surface area contributed by atoms with Crippen molar-refractivity contribution < 1.29 is 14.6 Å². The lowest BCUT2D eigenvalue weighted by Gasteiger charge is -2.54. The summed E-state index contributed by atoms with van der Waals surface area (Å²) in [4.78, 5) is 16.9. The average molecular weight is 406 g/mol. The van der Waals surface area contributed by atoms with Gasteiger partial charge in [-0.05, 0) is 54.6 Å². The molecule has 146 valence electrons. The molecule has 2 aliphatic heterocycles. The third kappa shape index (κ3) is 3.27. The van der Waals surface area contributed by atoms with Gasteiger partial charge in [0.2, 0.25) is 5.60 Å². The minimum absolute atomic E-state index is 0.144. The molecule has 0 radical (unpaired) electrons. The van der Waals surface area contributed by atoms with Crippen LogP contribution in [0.1, 0.15) is 49.3 Å². The van der Waals surface area contributed by atoms with Crippen molar-refractivity contribution in [1.82, 2.24) is 4.90 Å². The lowest BCUT2D eigenvalue weighted by Crippen LogP contribution is -2.59. The number of thiophene rings is 2. The van der Waals surface area contributed by atoms with Crippen molar-refractivity contribution in [2.75, 3.05) is 7.05 Å². The lowest BCUT2D eigenvalue weighted by atomic mass is 9.68. The smallest absolute Gasteiger partial charge is 0.349 e. The summed E-state index contributed by atoms with van der Waals surface area (Å²) in [5.74, 6) is -0.544. The first-order valence-electron chi connectivity index (χ1n) is 9.55. The normalized spacial score (nSPS) is 28.1. The standard InChI is InChI=1S/C21H27NO3S2/c1-20(2)9-8-14-12-15(13-16(20)22(14)3)25-19(23)21(24,17-6-4-10-26-17)18-7-5-11-27-18/h4-7,10-11,14-16,24H,8-9,12-13H2,1-3H3/t14-,15-,16-/m1/s1. The summed E-state index contributed by atoms with van der Waals surface area (Å²) in [6, 6.07) is 8.17. The number of rotatable bonds is 4. The summed E-state index contributed by atoms with van der Waals surface area (Å²) in [5.41, 5.74) is -1.50. The number of carbonyl (C=O) groups is 1. The Kier molecular flexibility index (Phi) is 4.95. The van der Waals surface area contributed by atoms with Crippen LogP contribution in [0.4, 0.5) is 0 Å². The molecule has 0 amide bonds. The van der Waals surface area contributed by atoms with Crippen molar-refractivity contribution in [3.63, 3.8) is 0 Å². The summed E-state index contributed by atoms with van der Waals surface area (Å²) in [6.07, 6.45) is 3.88. The Morgan fingerprint density at radius 1 is 1.22 bits per heavy atom. The molecule has 6 heteroatoms. The number of ether oxygens (including phenoxy) is 1. The summed E-state index contributed by atoms with van der Waals surface area (Å²) in [6.45, 7) is 4.62. The molecule has 0 saturated carbocycles. The molecule has 3 atom stereocenters. The Morgan fingerprint density at radius 2 is 1.85 bits per heavy atom. The van der Waals surface area contributed by atoms with Gasteiger partial charge in [-0.3, -0.25) is 4.90 Å². The molecular formula is C21H27NO3S2. The minimum atomic E-state index is -1.71. The predicted molar refractivity (Wildman–Crippen MR) is 109 cm³/mol. The van der Waals surface area contributed by atoms with Gasteiger partial charge < -0.3 is 9.84 Å². The summed E-state index contributed by atoms with van der Waals surface area (Å²) >= 11 is 2.77. The second-order valence-corrected chi connectivity index (χ2v) is 10.4. The lowest BCUT2D eigenvalue weighted by molar-refractivity contribution is -0.175. The fourth-order valence-electron chi connectivity index (χ4n) is 4.76. The van der Waals surface area contributed by atoms with Crippen LogP contribution in [0.25, 0.3) is 0 Å². The van der Waals surface area contributed by atoms with Crippen LogP contribution >= 0.6 is 22.7 Å². The molecule has 4 heterocycles. The van der Waals surface area contributed by atoms with Crippen LogP contribution < -0.4 is 0 Å². The van der Waals surface area contributed by atoms with Crippen molar-refractivity contribution in [2.45, 2.75) is 63.3 Å². The molecular weight excluding hydrogens is 378 g/mol. The van der Waals surface area contributed by atoms with E-state index in [1.165, 1.54) is 29.1 Å². The number of aliphatic hydroxyl groups is 1. The molecule has 2 bridgehead atoms. The molecule has 0 spiro atoms. The number of carbonyl (C=O) groups excluding carboxylic acids is 1. The van der Waals surface area contributed by atoms with Crippen LogP contribution in [0.5, 0.6) is 0 Å². The molecule has 4 rings (SSSR count). The zero-order valence-electron chi connectivity index (χ0n) is 16.1. The van der Waals surface area contributed by atoms with E-state index in [4.69, 9.17) is 4.74 Å². The highest BCUT2D eigenvalue weighted by molar-refractivity contribution is 7.12. The second kappa shape index (κ2) is 6.99. The molecule has 2 saturated heterocycles. The largest absolute Gasteiger partial charge is 0.460 e. The zero-order valence-corrected chi connectivity index (χ0v) is 17.7. The summed E-state index contributed by atoms with van der Waals surface area (Å²) in [5, 5.41) is 15.2. The highest BCUT2D eigenvalue weighted by atomic mass is 32.1. The topological polar surface area (TPSA) is 49.8 Å². The van der Waals surface area contributed by atoms with Crippen molar-refractivity contribution in [1.29, 1.82) is 0 Å². The minimum Gasteiger partial charge on any atom is -0.460 e. The van der Waals surface area contributed by atoms with Gasteiger partial charge in [-0.2, -0.15) is 0 Å². The van der Waals surface area contributed by atoms with Crippen molar-refractivity contribution in [3.05, 3.63) is 44.8 Å². The number of piperidine rings is 2. The van der Waals surface area contributed by atoms with Gasteiger partial charge >= 0.3 is 5.97 Å². The van der Waals surface area contributed by atoms with Crippen LogP contribution in [0, 0.1) is 5.41 Å². The SMILES string of the molecule is CN1[C@@H]2CCC(C)(C)[C@H]1C[C@H](OC(=O)C(O)(c1cccs1)c1cccs1)C2.